The van der Waals surface area contributed by atoms with E-state index in [9.17, 15) is 0 Å². The molecule has 0 atom stereocenters. The van der Waals surface area contributed by atoms with Crippen molar-refractivity contribution in [2.24, 2.45) is 0 Å². The van der Waals surface area contributed by atoms with Crippen molar-refractivity contribution in [3.63, 3.8) is 0 Å². The Bertz CT molecular complexity index is 775. The lowest BCUT2D eigenvalue weighted by Gasteiger charge is -2.11. The molecule has 22 heavy (non-hydrogen) atoms. The zero-order chi connectivity index (χ0) is 15.4. The molecule has 3 rings (SSSR count). The molecular weight excluding hydrogens is 296 g/mol. The number of nitrogens with zero attached hydrogens (tertiary/aromatic N) is 2. The van der Waals surface area contributed by atoms with Gasteiger partial charge in [-0.25, -0.2) is 9.97 Å². The smallest absolute Gasteiger partial charge is 0.135 e. The minimum atomic E-state index is 0.685. The van der Waals surface area contributed by atoms with Gasteiger partial charge in [0.1, 0.15) is 18.0 Å². The van der Waals surface area contributed by atoms with Gasteiger partial charge >= 0.3 is 0 Å². The largest absolute Gasteiger partial charge is 0.340 e. The predicted molar refractivity (Wildman–Crippen MR) is 91.2 cm³/mol. The molecule has 2 N–H and O–H groups in total. The first kappa shape index (κ1) is 14.4. The molecule has 3 aromatic rings. The highest BCUT2D eigenvalue weighted by atomic mass is 35.5. The van der Waals surface area contributed by atoms with E-state index in [4.69, 9.17) is 11.6 Å². The number of nitrogens with one attached hydrogen (secondary N) is 2. The number of rotatable bonds is 4. The first-order valence-electron chi connectivity index (χ1n) is 6.88. The van der Waals surface area contributed by atoms with Gasteiger partial charge in [-0.1, -0.05) is 35.9 Å². The van der Waals surface area contributed by atoms with Crippen LogP contribution in [0.3, 0.4) is 0 Å². The summed E-state index contributed by atoms with van der Waals surface area (Å²) in [6.07, 6.45) is 1.52. The Labute approximate surface area is 134 Å². The van der Waals surface area contributed by atoms with Crippen molar-refractivity contribution in [3.8, 4) is 0 Å². The third kappa shape index (κ3) is 3.54. The summed E-state index contributed by atoms with van der Waals surface area (Å²) < 4.78 is 0. The third-order valence-corrected chi connectivity index (χ3v) is 3.41. The van der Waals surface area contributed by atoms with E-state index >= 15 is 0 Å². The Morgan fingerprint density at radius 1 is 0.864 bits per heavy atom. The van der Waals surface area contributed by atoms with Crippen molar-refractivity contribution < 1.29 is 0 Å². The molecule has 0 fully saturated rings. The normalized spacial score (nSPS) is 10.3. The van der Waals surface area contributed by atoms with E-state index in [-0.39, 0.29) is 0 Å². The van der Waals surface area contributed by atoms with Gasteiger partial charge in [-0.15, -0.1) is 0 Å². The molecule has 0 saturated carbocycles. The van der Waals surface area contributed by atoms with Crippen LogP contribution in [0.2, 0.25) is 5.02 Å². The monoisotopic (exact) mass is 310 g/mol. The van der Waals surface area contributed by atoms with Crippen LogP contribution in [0, 0.1) is 6.92 Å². The number of hydrogen-bond acceptors (Lipinski definition) is 4. The van der Waals surface area contributed by atoms with Crippen LogP contribution in [-0.2, 0) is 0 Å². The number of benzene rings is 2. The molecule has 0 saturated heterocycles. The fraction of sp³-hybridized carbons (Fsp3) is 0.0588. The van der Waals surface area contributed by atoms with Crippen molar-refractivity contribution in [1.29, 1.82) is 0 Å². The molecular formula is C17H15ClN4. The standard InChI is InChI=1S/C17H15ClN4/c1-12-7-8-13(18)9-15(12)22-17-10-16(19-11-20-17)21-14-5-3-2-4-6-14/h2-11H,1H3,(H2,19,20,21,22). The van der Waals surface area contributed by atoms with E-state index in [1.54, 1.807) is 0 Å². The second-order valence-electron chi connectivity index (χ2n) is 4.86. The summed E-state index contributed by atoms with van der Waals surface area (Å²) in [7, 11) is 0. The van der Waals surface area contributed by atoms with E-state index in [1.165, 1.54) is 6.33 Å². The average molecular weight is 311 g/mol. The maximum atomic E-state index is 6.04. The molecule has 1 aromatic heterocycles. The zero-order valence-electron chi connectivity index (χ0n) is 12.0. The lowest BCUT2D eigenvalue weighted by atomic mass is 10.2. The molecule has 0 aliphatic rings. The molecule has 110 valence electrons. The minimum Gasteiger partial charge on any atom is -0.340 e. The lowest BCUT2D eigenvalue weighted by molar-refractivity contribution is 1.16. The van der Waals surface area contributed by atoms with Crippen molar-refractivity contribution in [3.05, 3.63) is 71.5 Å². The van der Waals surface area contributed by atoms with Crippen molar-refractivity contribution >= 4 is 34.6 Å². The third-order valence-electron chi connectivity index (χ3n) is 3.18. The van der Waals surface area contributed by atoms with Gasteiger partial charge in [0.05, 0.1) is 0 Å². The summed E-state index contributed by atoms with van der Waals surface area (Å²) in [5.41, 5.74) is 3.00. The molecule has 5 heteroatoms. The Kier molecular flexibility index (Phi) is 4.21. The zero-order valence-corrected chi connectivity index (χ0v) is 12.8. The molecule has 0 bridgehead atoms. The van der Waals surface area contributed by atoms with Gasteiger partial charge < -0.3 is 10.6 Å². The van der Waals surface area contributed by atoms with E-state index in [1.807, 2.05) is 61.5 Å². The molecule has 0 amide bonds. The van der Waals surface area contributed by atoms with Crippen molar-refractivity contribution in [2.45, 2.75) is 6.92 Å². The molecule has 0 radical (unpaired) electrons. The Hall–Kier alpha value is -2.59. The van der Waals surface area contributed by atoms with Gasteiger partial charge in [-0.05, 0) is 36.8 Å². The SMILES string of the molecule is Cc1ccc(Cl)cc1Nc1cc(Nc2ccccc2)ncn1. The van der Waals surface area contributed by atoms with Crippen LogP contribution in [0.15, 0.2) is 60.9 Å². The molecule has 0 aliphatic heterocycles. The maximum absolute atomic E-state index is 6.04. The average Bonchev–Trinajstić information content (AvgIpc) is 2.52. The van der Waals surface area contributed by atoms with E-state index in [0.717, 1.165) is 22.8 Å². The minimum absolute atomic E-state index is 0.685. The number of aromatic nitrogens is 2. The number of para-hydroxylation sites is 1. The van der Waals surface area contributed by atoms with Crippen LogP contribution >= 0.6 is 11.6 Å². The summed E-state index contributed by atoms with van der Waals surface area (Å²) in [6, 6.07) is 17.4. The number of anilines is 4. The van der Waals surface area contributed by atoms with Crippen LogP contribution in [0.1, 0.15) is 5.56 Å². The summed E-state index contributed by atoms with van der Waals surface area (Å²) in [4.78, 5) is 8.47. The van der Waals surface area contributed by atoms with Crippen LogP contribution in [0.5, 0.6) is 0 Å². The second kappa shape index (κ2) is 6.45. The van der Waals surface area contributed by atoms with E-state index in [0.29, 0.717) is 10.8 Å². The lowest BCUT2D eigenvalue weighted by Crippen LogP contribution is -1.99. The van der Waals surface area contributed by atoms with Crippen LogP contribution in [-0.4, -0.2) is 9.97 Å². The van der Waals surface area contributed by atoms with Crippen molar-refractivity contribution in [1.82, 2.24) is 9.97 Å². The summed E-state index contributed by atoms with van der Waals surface area (Å²) in [6.45, 7) is 2.02. The highest BCUT2D eigenvalue weighted by molar-refractivity contribution is 6.30. The molecule has 0 unspecified atom stereocenters. The molecule has 2 aromatic carbocycles. The quantitative estimate of drug-likeness (QED) is 0.717. The highest BCUT2D eigenvalue weighted by Crippen LogP contribution is 2.24. The fourth-order valence-corrected chi connectivity index (χ4v) is 2.20. The highest BCUT2D eigenvalue weighted by Gasteiger charge is 2.03. The fourth-order valence-electron chi connectivity index (χ4n) is 2.03. The van der Waals surface area contributed by atoms with Gasteiger partial charge in [0.25, 0.3) is 0 Å². The topological polar surface area (TPSA) is 49.8 Å². The Morgan fingerprint density at radius 3 is 2.36 bits per heavy atom. The molecule has 0 aliphatic carbocycles. The van der Waals surface area contributed by atoms with Gasteiger partial charge in [0.15, 0.2) is 0 Å². The number of hydrogen-bond donors (Lipinski definition) is 2. The first-order chi connectivity index (χ1) is 10.7. The van der Waals surface area contributed by atoms with Crippen molar-refractivity contribution in [2.75, 3.05) is 10.6 Å². The molecule has 1 heterocycles. The van der Waals surface area contributed by atoms with Crippen LogP contribution < -0.4 is 10.6 Å². The van der Waals surface area contributed by atoms with Crippen LogP contribution in [0.4, 0.5) is 23.0 Å². The number of aryl methyl sites for hydroxylation is 1. The van der Waals surface area contributed by atoms with Gasteiger partial charge in [-0.3, -0.25) is 0 Å². The Morgan fingerprint density at radius 2 is 1.59 bits per heavy atom. The Balaban J connectivity index is 1.81. The van der Waals surface area contributed by atoms with Crippen LogP contribution in [0.25, 0.3) is 0 Å². The van der Waals surface area contributed by atoms with E-state index in [2.05, 4.69) is 20.6 Å². The van der Waals surface area contributed by atoms with Gasteiger partial charge in [0.2, 0.25) is 0 Å². The van der Waals surface area contributed by atoms with E-state index < -0.39 is 0 Å². The molecule has 0 spiro atoms. The number of halogens is 1. The summed E-state index contributed by atoms with van der Waals surface area (Å²) in [5, 5.41) is 7.19. The second-order valence-corrected chi connectivity index (χ2v) is 5.30. The summed E-state index contributed by atoms with van der Waals surface area (Å²) >= 11 is 6.04. The predicted octanol–water partition coefficient (Wildman–Crippen LogP) is 4.93. The summed E-state index contributed by atoms with van der Waals surface area (Å²) in [5.74, 6) is 1.43. The maximum Gasteiger partial charge on any atom is 0.135 e. The van der Waals surface area contributed by atoms with Gasteiger partial charge in [-0.2, -0.15) is 0 Å². The van der Waals surface area contributed by atoms with Gasteiger partial charge in [0, 0.05) is 22.5 Å². The first-order valence-corrected chi connectivity index (χ1v) is 7.26. The molecule has 4 nitrogen and oxygen atoms in total.